The average Bonchev–Trinajstić information content (AvgIpc) is 2.47. The number of hydrogen-bond acceptors (Lipinski definition) is 2. The van der Waals surface area contributed by atoms with Crippen molar-refractivity contribution in [2.24, 2.45) is 0 Å². The highest BCUT2D eigenvalue weighted by atomic mass is 15.2. The summed E-state index contributed by atoms with van der Waals surface area (Å²) in [6.45, 7) is 5.42. The molecule has 0 saturated heterocycles. The molecule has 0 spiro atoms. The van der Waals surface area contributed by atoms with E-state index in [1.165, 1.54) is 11.3 Å². The first kappa shape index (κ1) is 13.5. The quantitative estimate of drug-likeness (QED) is 0.808. The van der Waals surface area contributed by atoms with E-state index in [4.69, 9.17) is 5.73 Å². The molecule has 0 radical (unpaired) electrons. The van der Waals surface area contributed by atoms with E-state index in [1.54, 1.807) is 0 Å². The molecule has 2 aromatic carbocycles. The van der Waals surface area contributed by atoms with Crippen LogP contribution in [0.15, 0.2) is 54.6 Å². The minimum Gasteiger partial charge on any atom is -0.399 e. The molecule has 2 rings (SSSR count). The molecule has 1 unspecified atom stereocenters. The van der Waals surface area contributed by atoms with Gasteiger partial charge in [-0.15, -0.1) is 0 Å². The third-order valence-corrected chi connectivity index (χ3v) is 3.51. The van der Waals surface area contributed by atoms with E-state index in [0.29, 0.717) is 6.04 Å². The number of hydrogen-bond donors (Lipinski definition) is 1. The maximum atomic E-state index is 5.77. The van der Waals surface area contributed by atoms with E-state index in [9.17, 15) is 0 Å². The molecule has 0 aromatic heterocycles. The van der Waals surface area contributed by atoms with Gasteiger partial charge in [0.2, 0.25) is 0 Å². The number of para-hydroxylation sites is 1. The normalized spacial score (nSPS) is 12.1. The van der Waals surface area contributed by atoms with Crippen molar-refractivity contribution in [1.82, 2.24) is 0 Å². The van der Waals surface area contributed by atoms with Crippen molar-refractivity contribution in [2.75, 3.05) is 17.2 Å². The lowest BCUT2D eigenvalue weighted by Crippen LogP contribution is -2.28. The molecular formula is C17H22N2. The molecule has 1 atom stereocenters. The molecule has 0 aliphatic carbocycles. The molecule has 0 bridgehead atoms. The Morgan fingerprint density at radius 3 is 2.11 bits per heavy atom. The minimum atomic E-state index is 0.396. The highest BCUT2D eigenvalue weighted by molar-refractivity contribution is 5.49. The van der Waals surface area contributed by atoms with Crippen molar-refractivity contribution < 1.29 is 0 Å². The smallest absolute Gasteiger partial charge is 0.0539 e. The molecule has 0 saturated carbocycles. The molecule has 2 heteroatoms. The molecule has 0 aliphatic rings. The standard InChI is InChI=1S/C17H22N2/c1-3-17(14-10-12-15(18)13-11-14)19(4-2)16-8-6-5-7-9-16/h5-13,17H,3-4,18H2,1-2H3. The van der Waals surface area contributed by atoms with Crippen LogP contribution in [0.25, 0.3) is 0 Å². The predicted molar refractivity (Wildman–Crippen MR) is 83.3 cm³/mol. The summed E-state index contributed by atoms with van der Waals surface area (Å²) in [5, 5.41) is 0. The maximum absolute atomic E-state index is 5.77. The van der Waals surface area contributed by atoms with Crippen LogP contribution in [-0.2, 0) is 0 Å². The van der Waals surface area contributed by atoms with Gasteiger partial charge >= 0.3 is 0 Å². The van der Waals surface area contributed by atoms with Gasteiger partial charge in [0.05, 0.1) is 6.04 Å². The van der Waals surface area contributed by atoms with Crippen LogP contribution in [0.2, 0.25) is 0 Å². The van der Waals surface area contributed by atoms with Gasteiger partial charge in [0.1, 0.15) is 0 Å². The number of anilines is 2. The highest BCUT2D eigenvalue weighted by Crippen LogP contribution is 2.29. The fraction of sp³-hybridized carbons (Fsp3) is 0.294. The van der Waals surface area contributed by atoms with Crippen molar-refractivity contribution in [3.8, 4) is 0 Å². The zero-order valence-electron chi connectivity index (χ0n) is 11.7. The molecule has 0 amide bonds. The van der Waals surface area contributed by atoms with Crippen LogP contribution < -0.4 is 10.6 Å². The summed E-state index contributed by atoms with van der Waals surface area (Å²) >= 11 is 0. The molecule has 2 aromatic rings. The van der Waals surface area contributed by atoms with Gasteiger partial charge in [-0.25, -0.2) is 0 Å². The van der Waals surface area contributed by atoms with Crippen molar-refractivity contribution in [3.05, 3.63) is 60.2 Å². The number of nitrogens with zero attached hydrogens (tertiary/aromatic N) is 1. The molecule has 0 heterocycles. The van der Waals surface area contributed by atoms with Crippen molar-refractivity contribution in [2.45, 2.75) is 26.3 Å². The van der Waals surface area contributed by atoms with Crippen molar-refractivity contribution in [3.63, 3.8) is 0 Å². The highest BCUT2D eigenvalue weighted by Gasteiger charge is 2.17. The number of rotatable bonds is 5. The maximum Gasteiger partial charge on any atom is 0.0539 e. The van der Waals surface area contributed by atoms with Crippen LogP contribution in [0, 0.1) is 0 Å². The van der Waals surface area contributed by atoms with Gasteiger partial charge in [0, 0.05) is 17.9 Å². The van der Waals surface area contributed by atoms with Gasteiger partial charge < -0.3 is 10.6 Å². The van der Waals surface area contributed by atoms with Gasteiger partial charge in [-0.05, 0) is 43.2 Å². The molecule has 100 valence electrons. The molecule has 2 nitrogen and oxygen atoms in total. The Hall–Kier alpha value is -1.96. The number of nitrogen functional groups attached to an aromatic ring is 1. The summed E-state index contributed by atoms with van der Waals surface area (Å²) in [6, 6.07) is 19.2. The second kappa shape index (κ2) is 6.28. The van der Waals surface area contributed by atoms with Crippen LogP contribution in [0.5, 0.6) is 0 Å². The van der Waals surface area contributed by atoms with E-state index in [1.807, 2.05) is 12.1 Å². The first-order valence-corrected chi connectivity index (χ1v) is 6.93. The first-order valence-electron chi connectivity index (χ1n) is 6.93. The Morgan fingerprint density at radius 1 is 0.947 bits per heavy atom. The van der Waals surface area contributed by atoms with Crippen molar-refractivity contribution in [1.29, 1.82) is 0 Å². The summed E-state index contributed by atoms with van der Waals surface area (Å²) in [6.07, 6.45) is 1.08. The van der Waals surface area contributed by atoms with Crippen LogP contribution >= 0.6 is 0 Å². The fourth-order valence-electron chi connectivity index (χ4n) is 2.56. The Labute approximate surface area is 115 Å². The van der Waals surface area contributed by atoms with Crippen LogP contribution in [0.3, 0.4) is 0 Å². The van der Waals surface area contributed by atoms with Gasteiger partial charge in [-0.3, -0.25) is 0 Å². The van der Waals surface area contributed by atoms with Gasteiger partial charge in [-0.1, -0.05) is 37.3 Å². The van der Waals surface area contributed by atoms with E-state index in [0.717, 1.165) is 18.7 Å². The molecular weight excluding hydrogens is 232 g/mol. The lowest BCUT2D eigenvalue weighted by Gasteiger charge is -2.32. The number of benzene rings is 2. The first-order chi connectivity index (χ1) is 9.26. The van der Waals surface area contributed by atoms with Crippen LogP contribution in [-0.4, -0.2) is 6.54 Å². The Balaban J connectivity index is 2.31. The molecule has 0 fully saturated rings. The summed E-state index contributed by atoms with van der Waals surface area (Å²) in [4.78, 5) is 2.44. The number of nitrogens with two attached hydrogens (primary N) is 1. The van der Waals surface area contributed by atoms with E-state index in [-0.39, 0.29) is 0 Å². The van der Waals surface area contributed by atoms with E-state index >= 15 is 0 Å². The summed E-state index contributed by atoms with van der Waals surface area (Å²) in [5.74, 6) is 0. The SMILES string of the molecule is CCC(c1ccc(N)cc1)N(CC)c1ccccc1. The summed E-state index contributed by atoms with van der Waals surface area (Å²) < 4.78 is 0. The topological polar surface area (TPSA) is 29.3 Å². The average molecular weight is 254 g/mol. The van der Waals surface area contributed by atoms with Gasteiger partial charge in [-0.2, -0.15) is 0 Å². The monoisotopic (exact) mass is 254 g/mol. The Morgan fingerprint density at radius 2 is 1.58 bits per heavy atom. The molecule has 2 N–H and O–H groups in total. The summed E-state index contributed by atoms with van der Waals surface area (Å²) in [5.41, 5.74) is 9.19. The van der Waals surface area contributed by atoms with E-state index < -0.39 is 0 Å². The third kappa shape index (κ3) is 3.08. The van der Waals surface area contributed by atoms with Gasteiger partial charge in [0.15, 0.2) is 0 Å². The minimum absolute atomic E-state index is 0.396. The largest absolute Gasteiger partial charge is 0.399 e. The summed E-state index contributed by atoms with van der Waals surface area (Å²) in [7, 11) is 0. The van der Waals surface area contributed by atoms with Crippen LogP contribution in [0.4, 0.5) is 11.4 Å². The second-order valence-corrected chi connectivity index (χ2v) is 4.71. The molecule has 0 aliphatic heterocycles. The fourth-order valence-corrected chi connectivity index (χ4v) is 2.56. The Bertz CT molecular complexity index is 490. The van der Waals surface area contributed by atoms with Crippen LogP contribution in [0.1, 0.15) is 31.9 Å². The van der Waals surface area contributed by atoms with Crippen molar-refractivity contribution >= 4 is 11.4 Å². The Kier molecular flexibility index (Phi) is 4.45. The van der Waals surface area contributed by atoms with E-state index in [2.05, 4.69) is 61.2 Å². The predicted octanol–water partition coefficient (Wildman–Crippen LogP) is 4.25. The zero-order valence-corrected chi connectivity index (χ0v) is 11.7. The lowest BCUT2D eigenvalue weighted by atomic mass is 10.0. The zero-order chi connectivity index (χ0) is 13.7. The lowest BCUT2D eigenvalue weighted by molar-refractivity contribution is 0.615. The second-order valence-electron chi connectivity index (χ2n) is 4.71. The third-order valence-electron chi connectivity index (χ3n) is 3.51. The van der Waals surface area contributed by atoms with Gasteiger partial charge in [0.25, 0.3) is 0 Å². The molecule has 19 heavy (non-hydrogen) atoms.